The van der Waals surface area contributed by atoms with Gasteiger partial charge in [-0.2, -0.15) is 5.26 Å². The van der Waals surface area contributed by atoms with Crippen LogP contribution in [0, 0.1) is 17.2 Å². The molecule has 1 aliphatic carbocycles. The number of hydrogen-bond donors (Lipinski definition) is 0. The molecule has 1 aromatic carbocycles. The van der Waals surface area contributed by atoms with Gasteiger partial charge in [-0.25, -0.2) is 8.42 Å². The topological polar surface area (TPSA) is 67.2 Å². The molecule has 2 rings (SSSR count). The van der Waals surface area contributed by atoms with Crippen LogP contribution in [-0.2, 0) is 9.84 Å². The average molecular weight is 279 g/mol. The summed E-state index contributed by atoms with van der Waals surface area (Å²) in [7, 11) is -2.18. The maximum Gasteiger partial charge on any atom is 0.197 e. The highest BCUT2D eigenvalue weighted by atomic mass is 32.2. The summed E-state index contributed by atoms with van der Waals surface area (Å²) in [6.07, 6.45) is 1.96. The Labute approximate surface area is 113 Å². The second-order valence-electron chi connectivity index (χ2n) is 4.98. The molecule has 0 aromatic heterocycles. The summed E-state index contributed by atoms with van der Waals surface area (Å²) in [5.74, 6) is 0.341. The van der Waals surface area contributed by atoms with Crippen LogP contribution in [0.3, 0.4) is 0 Å². The van der Waals surface area contributed by atoms with Crippen molar-refractivity contribution >= 4 is 9.84 Å². The molecule has 19 heavy (non-hydrogen) atoms. The maximum absolute atomic E-state index is 12.8. The van der Waals surface area contributed by atoms with Gasteiger partial charge in [-0.15, -0.1) is 0 Å². The Kier molecular flexibility index (Phi) is 3.55. The lowest BCUT2D eigenvalue weighted by molar-refractivity contribution is 0.413. The van der Waals surface area contributed by atoms with Crippen LogP contribution in [0.25, 0.3) is 0 Å². The van der Waals surface area contributed by atoms with Crippen LogP contribution in [0.5, 0.6) is 5.75 Å². The first-order valence-electron chi connectivity index (χ1n) is 6.28. The van der Waals surface area contributed by atoms with E-state index < -0.39 is 14.6 Å². The highest BCUT2D eigenvalue weighted by Gasteiger charge is 2.52. The number of methoxy groups -OCH3 is 1. The van der Waals surface area contributed by atoms with Crippen molar-refractivity contribution < 1.29 is 13.2 Å². The van der Waals surface area contributed by atoms with E-state index in [4.69, 9.17) is 4.74 Å². The molecule has 0 aliphatic heterocycles. The second kappa shape index (κ2) is 4.86. The molecule has 5 heteroatoms. The minimum Gasteiger partial charge on any atom is -0.497 e. The van der Waals surface area contributed by atoms with Gasteiger partial charge in [0.15, 0.2) is 14.6 Å². The Balaban J connectivity index is 2.56. The van der Waals surface area contributed by atoms with Crippen LogP contribution in [0.4, 0.5) is 0 Å². The Morgan fingerprint density at radius 3 is 2.74 bits per heavy atom. The quantitative estimate of drug-likeness (QED) is 0.852. The molecule has 4 nitrogen and oxygen atoms in total. The van der Waals surface area contributed by atoms with Crippen molar-refractivity contribution in [3.8, 4) is 11.8 Å². The van der Waals surface area contributed by atoms with Crippen molar-refractivity contribution in [2.75, 3.05) is 7.11 Å². The van der Waals surface area contributed by atoms with Gasteiger partial charge < -0.3 is 4.74 Å². The van der Waals surface area contributed by atoms with Gasteiger partial charge in [-0.3, -0.25) is 0 Å². The second-order valence-corrected chi connectivity index (χ2v) is 7.18. The van der Waals surface area contributed by atoms with Gasteiger partial charge in [-0.1, -0.05) is 19.4 Å². The molecule has 0 bridgehead atoms. The third kappa shape index (κ3) is 2.00. The van der Waals surface area contributed by atoms with Crippen LogP contribution in [0.1, 0.15) is 26.2 Å². The molecule has 2 atom stereocenters. The van der Waals surface area contributed by atoms with Crippen LogP contribution in [0.2, 0.25) is 0 Å². The Hall–Kier alpha value is -1.54. The van der Waals surface area contributed by atoms with Gasteiger partial charge in [0.05, 0.1) is 18.1 Å². The molecule has 2 unspecified atom stereocenters. The van der Waals surface area contributed by atoms with Crippen LogP contribution in [0.15, 0.2) is 29.2 Å². The SMILES string of the molecule is COc1cccc(S(=O)(=O)C2(C#N)CCCC2C)c1. The molecule has 1 aliphatic rings. The van der Waals surface area contributed by atoms with Crippen LogP contribution in [-0.4, -0.2) is 20.3 Å². The van der Waals surface area contributed by atoms with Gasteiger partial charge in [-0.05, 0) is 37.0 Å². The van der Waals surface area contributed by atoms with Crippen LogP contribution >= 0.6 is 0 Å². The molecule has 0 radical (unpaired) electrons. The molecule has 1 saturated carbocycles. The zero-order valence-electron chi connectivity index (χ0n) is 11.1. The number of sulfone groups is 1. The fourth-order valence-electron chi connectivity index (χ4n) is 2.75. The molecule has 1 aromatic rings. The predicted octanol–water partition coefficient (Wildman–Crippen LogP) is 2.55. The molecule has 1 fully saturated rings. The minimum atomic E-state index is -3.67. The van der Waals surface area contributed by atoms with Gasteiger partial charge in [0.25, 0.3) is 0 Å². The predicted molar refractivity (Wildman–Crippen MR) is 71.5 cm³/mol. The molecule has 0 N–H and O–H groups in total. The lowest BCUT2D eigenvalue weighted by Crippen LogP contribution is -2.39. The normalized spacial score (nSPS) is 26.9. The first kappa shape index (κ1) is 13.9. The largest absolute Gasteiger partial charge is 0.497 e. The Morgan fingerprint density at radius 2 is 2.21 bits per heavy atom. The summed E-state index contributed by atoms with van der Waals surface area (Å²) in [6.45, 7) is 1.84. The van der Waals surface area contributed by atoms with Crippen molar-refractivity contribution in [3.05, 3.63) is 24.3 Å². The van der Waals surface area contributed by atoms with E-state index in [2.05, 4.69) is 6.07 Å². The smallest absolute Gasteiger partial charge is 0.197 e. The molecule has 0 saturated heterocycles. The van der Waals surface area contributed by atoms with E-state index in [9.17, 15) is 13.7 Å². The summed E-state index contributed by atoms with van der Waals surface area (Å²) < 4.78 is 29.3. The number of benzene rings is 1. The molecule has 102 valence electrons. The van der Waals surface area contributed by atoms with E-state index in [0.717, 1.165) is 12.8 Å². The number of nitriles is 1. The van der Waals surface area contributed by atoms with Crippen molar-refractivity contribution in [2.24, 2.45) is 5.92 Å². The van der Waals surface area contributed by atoms with E-state index in [1.807, 2.05) is 6.92 Å². The van der Waals surface area contributed by atoms with Crippen molar-refractivity contribution in [2.45, 2.75) is 35.8 Å². The number of ether oxygens (including phenoxy) is 1. The summed E-state index contributed by atoms with van der Waals surface area (Å²) in [5.41, 5.74) is 0. The van der Waals surface area contributed by atoms with Crippen molar-refractivity contribution in [3.63, 3.8) is 0 Å². The fraction of sp³-hybridized carbons (Fsp3) is 0.500. The minimum absolute atomic E-state index is 0.145. The maximum atomic E-state index is 12.8. The molecule has 0 amide bonds. The average Bonchev–Trinajstić information content (AvgIpc) is 2.81. The van der Waals surface area contributed by atoms with Crippen LogP contribution < -0.4 is 4.74 Å². The fourth-order valence-corrected chi connectivity index (χ4v) is 4.88. The van der Waals surface area contributed by atoms with Crippen molar-refractivity contribution in [1.82, 2.24) is 0 Å². The monoisotopic (exact) mass is 279 g/mol. The van der Waals surface area contributed by atoms with E-state index in [0.29, 0.717) is 12.2 Å². The zero-order valence-corrected chi connectivity index (χ0v) is 11.9. The summed E-state index contributed by atoms with van der Waals surface area (Å²) in [4.78, 5) is 0.169. The number of nitrogens with zero attached hydrogens (tertiary/aromatic N) is 1. The summed E-state index contributed by atoms with van der Waals surface area (Å²) in [5, 5.41) is 9.45. The molecular weight excluding hydrogens is 262 g/mol. The Bertz CT molecular complexity index is 618. The first-order chi connectivity index (χ1) is 8.98. The zero-order chi connectivity index (χ0) is 14.1. The molecular formula is C14H17NO3S. The van der Waals surface area contributed by atoms with E-state index in [1.54, 1.807) is 12.1 Å². The van der Waals surface area contributed by atoms with Gasteiger partial charge in [0.1, 0.15) is 5.75 Å². The molecule has 0 spiro atoms. The van der Waals surface area contributed by atoms with Crippen molar-refractivity contribution in [1.29, 1.82) is 5.26 Å². The van der Waals surface area contributed by atoms with E-state index in [-0.39, 0.29) is 10.8 Å². The van der Waals surface area contributed by atoms with Gasteiger partial charge >= 0.3 is 0 Å². The van der Waals surface area contributed by atoms with Gasteiger partial charge in [0, 0.05) is 0 Å². The highest BCUT2D eigenvalue weighted by Crippen LogP contribution is 2.44. The first-order valence-corrected chi connectivity index (χ1v) is 7.76. The Morgan fingerprint density at radius 1 is 1.47 bits per heavy atom. The van der Waals surface area contributed by atoms with Gasteiger partial charge in [0.2, 0.25) is 0 Å². The third-order valence-electron chi connectivity index (χ3n) is 4.00. The third-order valence-corrected chi connectivity index (χ3v) is 6.53. The number of hydrogen-bond acceptors (Lipinski definition) is 4. The summed E-state index contributed by atoms with van der Waals surface area (Å²) in [6, 6.07) is 8.42. The van der Waals surface area contributed by atoms with E-state index in [1.165, 1.54) is 19.2 Å². The number of rotatable bonds is 3. The summed E-state index contributed by atoms with van der Waals surface area (Å²) >= 11 is 0. The van der Waals surface area contributed by atoms with E-state index >= 15 is 0 Å². The standard InChI is InChI=1S/C14H17NO3S/c1-11-5-4-8-14(11,10-15)19(16,17)13-7-3-6-12(9-13)18-2/h3,6-7,9,11H,4-5,8H2,1-2H3. The highest BCUT2D eigenvalue weighted by molar-refractivity contribution is 7.93. The lowest BCUT2D eigenvalue weighted by atomic mass is 9.99. The molecule has 0 heterocycles. The lowest BCUT2D eigenvalue weighted by Gasteiger charge is -2.26.